The highest BCUT2D eigenvalue weighted by atomic mass is 16.2. The summed E-state index contributed by atoms with van der Waals surface area (Å²) in [6.45, 7) is 2.62. The van der Waals surface area contributed by atoms with E-state index < -0.39 is 0 Å². The maximum atomic E-state index is 12.4. The average molecular weight is 265 g/mol. The van der Waals surface area contributed by atoms with Crippen molar-refractivity contribution < 1.29 is 4.79 Å². The van der Waals surface area contributed by atoms with Crippen molar-refractivity contribution in [2.24, 2.45) is 0 Å². The number of amides is 1. The molecule has 2 rings (SSSR count). The molecule has 1 amide bonds. The summed E-state index contributed by atoms with van der Waals surface area (Å²) in [5.74, 6) is 0.246. The first-order valence-electron chi connectivity index (χ1n) is 7.56. The summed E-state index contributed by atoms with van der Waals surface area (Å²) in [6.07, 6.45) is 9.30. The predicted octanol–water partition coefficient (Wildman–Crippen LogP) is 1.59. The van der Waals surface area contributed by atoms with Gasteiger partial charge in [-0.2, -0.15) is 0 Å². The minimum atomic E-state index is 0.246. The minimum Gasteiger partial charge on any atom is -0.318 e. The molecule has 19 heavy (non-hydrogen) atoms. The predicted molar refractivity (Wildman–Crippen MR) is 77.8 cm³/mol. The highest BCUT2D eigenvalue weighted by Gasteiger charge is 2.25. The van der Waals surface area contributed by atoms with Gasteiger partial charge >= 0.3 is 0 Å². The summed E-state index contributed by atoms with van der Waals surface area (Å²) in [7, 11) is 3.92. The van der Waals surface area contributed by atoms with Crippen molar-refractivity contribution >= 4 is 5.91 Å². The van der Waals surface area contributed by atoms with Crippen molar-refractivity contribution in [3.63, 3.8) is 0 Å². The molecule has 0 aromatic carbocycles. The smallest absolute Gasteiger partial charge is 0.240 e. The Balaban J connectivity index is 1.88. The monoisotopic (exact) mass is 265 g/mol. The van der Waals surface area contributed by atoms with Gasteiger partial charge in [0.1, 0.15) is 0 Å². The second-order valence-electron chi connectivity index (χ2n) is 5.72. The number of hydrogen-bond donors (Lipinski definition) is 1. The van der Waals surface area contributed by atoms with Crippen LogP contribution in [0.4, 0.5) is 0 Å². The summed E-state index contributed by atoms with van der Waals surface area (Å²) in [4.78, 5) is 16.6. The Morgan fingerprint density at radius 2 is 2.32 bits per heavy atom. The molecule has 1 aliphatic heterocycles. The molecule has 1 unspecified atom stereocenters. The Kier molecular flexibility index (Phi) is 5.40. The van der Waals surface area contributed by atoms with Crippen LogP contribution in [0.25, 0.3) is 0 Å². The number of nitrogens with zero attached hydrogens (tertiary/aromatic N) is 2. The fourth-order valence-electron chi connectivity index (χ4n) is 3.13. The Labute approximate surface area is 116 Å². The molecule has 0 spiro atoms. The molecule has 4 heteroatoms. The van der Waals surface area contributed by atoms with Gasteiger partial charge in [-0.15, -0.1) is 0 Å². The number of carbonyl (C=O) groups is 1. The summed E-state index contributed by atoms with van der Waals surface area (Å²) < 4.78 is 0. The lowest BCUT2D eigenvalue weighted by Crippen LogP contribution is -2.49. The van der Waals surface area contributed by atoms with Gasteiger partial charge in [0.15, 0.2) is 0 Å². The quantitative estimate of drug-likeness (QED) is 0.820. The molecule has 1 N–H and O–H groups in total. The van der Waals surface area contributed by atoms with Gasteiger partial charge in [0.2, 0.25) is 5.91 Å². The topological polar surface area (TPSA) is 35.6 Å². The van der Waals surface area contributed by atoms with E-state index in [4.69, 9.17) is 0 Å². The number of nitrogens with one attached hydrogen (secondary N) is 1. The van der Waals surface area contributed by atoms with Crippen molar-refractivity contribution in [3.05, 3.63) is 11.8 Å². The van der Waals surface area contributed by atoms with E-state index in [0.717, 1.165) is 25.9 Å². The van der Waals surface area contributed by atoms with Crippen LogP contribution in [-0.4, -0.2) is 55.5 Å². The summed E-state index contributed by atoms with van der Waals surface area (Å²) in [5.41, 5.74) is 1.21. The van der Waals surface area contributed by atoms with E-state index in [1.54, 1.807) is 0 Å². The van der Waals surface area contributed by atoms with Crippen molar-refractivity contribution in [3.8, 4) is 0 Å². The lowest BCUT2D eigenvalue weighted by Gasteiger charge is -2.36. The molecule has 108 valence electrons. The van der Waals surface area contributed by atoms with Crippen LogP contribution in [0.5, 0.6) is 0 Å². The first-order chi connectivity index (χ1) is 9.22. The number of likely N-dealkylation sites (tertiary alicyclic amines) is 1. The fraction of sp³-hybridized carbons (Fsp3) is 0.800. The molecular formula is C15H27N3O. The molecule has 0 bridgehead atoms. The van der Waals surface area contributed by atoms with Crippen LogP contribution in [0, 0.1) is 0 Å². The molecule has 1 heterocycles. The number of hydrogen-bond acceptors (Lipinski definition) is 3. The van der Waals surface area contributed by atoms with Crippen LogP contribution in [0.15, 0.2) is 11.8 Å². The third-order valence-corrected chi connectivity index (χ3v) is 4.35. The molecular weight excluding hydrogens is 238 g/mol. The van der Waals surface area contributed by atoms with Gasteiger partial charge in [0.25, 0.3) is 0 Å². The van der Waals surface area contributed by atoms with Crippen LogP contribution in [0.3, 0.4) is 0 Å². The minimum absolute atomic E-state index is 0.246. The molecule has 0 aromatic heterocycles. The lowest BCUT2D eigenvalue weighted by atomic mass is 10.0. The second kappa shape index (κ2) is 7.06. The van der Waals surface area contributed by atoms with Gasteiger partial charge in [-0.3, -0.25) is 9.69 Å². The zero-order valence-electron chi connectivity index (χ0n) is 12.3. The summed E-state index contributed by atoms with van der Waals surface area (Å²) in [6, 6.07) is 0.522. The van der Waals surface area contributed by atoms with E-state index in [2.05, 4.69) is 16.3 Å². The van der Waals surface area contributed by atoms with E-state index >= 15 is 0 Å². The summed E-state index contributed by atoms with van der Waals surface area (Å²) in [5, 5.41) is 3.25. The van der Waals surface area contributed by atoms with Gasteiger partial charge in [-0.25, -0.2) is 0 Å². The molecule has 4 nitrogen and oxygen atoms in total. The van der Waals surface area contributed by atoms with Gasteiger partial charge in [0.05, 0.1) is 6.54 Å². The van der Waals surface area contributed by atoms with Crippen LogP contribution in [0.1, 0.15) is 38.5 Å². The van der Waals surface area contributed by atoms with Gasteiger partial charge < -0.3 is 10.2 Å². The van der Waals surface area contributed by atoms with Crippen LogP contribution in [0.2, 0.25) is 0 Å². The standard InChI is InChI=1S/C15H27N3O/c1-16-11-14-9-5-6-10-18(14)12-15(19)17(2)13-7-3-4-8-13/h7,14,16H,3-6,8-12H2,1-2H3. The molecule has 1 atom stereocenters. The van der Waals surface area contributed by atoms with E-state index in [-0.39, 0.29) is 5.91 Å². The van der Waals surface area contributed by atoms with Gasteiger partial charge in [-0.05, 0) is 45.7 Å². The SMILES string of the molecule is CNCC1CCCCN1CC(=O)N(C)C1=CCCC1. The molecule has 0 saturated carbocycles. The number of allylic oxidation sites excluding steroid dienone is 2. The molecule has 0 radical (unpaired) electrons. The second-order valence-corrected chi connectivity index (χ2v) is 5.72. The summed E-state index contributed by atoms with van der Waals surface area (Å²) >= 11 is 0. The van der Waals surface area contributed by atoms with E-state index in [1.807, 2.05) is 19.0 Å². The lowest BCUT2D eigenvalue weighted by molar-refractivity contribution is -0.130. The van der Waals surface area contributed by atoms with Crippen molar-refractivity contribution in [2.45, 2.75) is 44.6 Å². The normalized spacial score (nSPS) is 24.3. The zero-order chi connectivity index (χ0) is 13.7. The van der Waals surface area contributed by atoms with Gasteiger partial charge in [0, 0.05) is 25.3 Å². The van der Waals surface area contributed by atoms with E-state index in [0.29, 0.717) is 12.6 Å². The zero-order valence-corrected chi connectivity index (χ0v) is 12.3. The largest absolute Gasteiger partial charge is 0.318 e. The van der Waals surface area contributed by atoms with E-state index in [1.165, 1.54) is 31.4 Å². The maximum Gasteiger partial charge on any atom is 0.240 e. The number of carbonyl (C=O) groups excluding carboxylic acids is 1. The molecule has 1 saturated heterocycles. The van der Waals surface area contributed by atoms with Crippen molar-refractivity contribution in [2.75, 3.05) is 33.7 Å². The Bertz CT molecular complexity index is 338. The molecule has 2 aliphatic rings. The number of rotatable bonds is 5. The van der Waals surface area contributed by atoms with Crippen LogP contribution < -0.4 is 5.32 Å². The highest BCUT2D eigenvalue weighted by molar-refractivity contribution is 5.79. The van der Waals surface area contributed by atoms with Crippen LogP contribution >= 0.6 is 0 Å². The third-order valence-electron chi connectivity index (χ3n) is 4.35. The average Bonchev–Trinajstić information content (AvgIpc) is 2.94. The first-order valence-corrected chi connectivity index (χ1v) is 7.56. The Hall–Kier alpha value is -0.870. The Morgan fingerprint density at radius 3 is 3.00 bits per heavy atom. The maximum absolute atomic E-state index is 12.4. The first kappa shape index (κ1) is 14.5. The van der Waals surface area contributed by atoms with Crippen molar-refractivity contribution in [1.29, 1.82) is 0 Å². The van der Waals surface area contributed by atoms with Crippen molar-refractivity contribution in [1.82, 2.24) is 15.1 Å². The molecule has 1 fully saturated rings. The van der Waals surface area contributed by atoms with E-state index in [9.17, 15) is 4.79 Å². The molecule has 1 aliphatic carbocycles. The molecule has 0 aromatic rings. The van der Waals surface area contributed by atoms with Crippen LogP contribution in [-0.2, 0) is 4.79 Å². The fourth-order valence-corrected chi connectivity index (χ4v) is 3.13. The van der Waals surface area contributed by atoms with Gasteiger partial charge in [-0.1, -0.05) is 12.5 Å². The number of piperidine rings is 1. The highest BCUT2D eigenvalue weighted by Crippen LogP contribution is 2.21. The number of likely N-dealkylation sites (N-methyl/N-ethyl adjacent to an activating group) is 2. The third kappa shape index (κ3) is 3.80. The Morgan fingerprint density at radius 1 is 1.47 bits per heavy atom.